The molecule has 0 atom stereocenters. The van der Waals surface area contributed by atoms with Gasteiger partial charge in [-0.15, -0.1) is 11.3 Å². The van der Waals surface area contributed by atoms with Crippen molar-refractivity contribution in [2.24, 2.45) is 0 Å². The molecule has 6 heteroatoms. The van der Waals surface area contributed by atoms with Crippen LogP contribution in [0, 0.1) is 6.92 Å². The minimum Gasteiger partial charge on any atom is -0.309 e. The molecule has 0 bridgehead atoms. The average Bonchev–Trinajstić information content (AvgIpc) is 3.09. The van der Waals surface area contributed by atoms with E-state index in [0.717, 1.165) is 10.4 Å². The van der Waals surface area contributed by atoms with Gasteiger partial charge in [0.25, 0.3) is 0 Å². The van der Waals surface area contributed by atoms with E-state index in [1.165, 1.54) is 12.8 Å². The molecule has 1 aliphatic carbocycles. The summed E-state index contributed by atoms with van der Waals surface area (Å²) in [7, 11) is -3.39. The quantitative estimate of drug-likeness (QED) is 0.841. The Hall–Kier alpha value is -0.430. The van der Waals surface area contributed by atoms with E-state index in [1.807, 2.05) is 33.1 Å². The van der Waals surface area contributed by atoms with Crippen LogP contribution in [0.4, 0.5) is 0 Å². The Kier molecular flexibility index (Phi) is 4.89. The monoisotopic (exact) mass is 316 g/mol. The van der Waals surface area contributed by atoms with Crippen LogP contribution in [-0.2, 0) is 16.6 Å². The van der Waals surface area contributed by atoms with E-state index in [9.17, 15) is 8.42 Å². The summed E-state index contributed by atoms with van der Waals surface area (Å²) < 4.78 is 27.3. The van der Waals surface area contributed by atoms with Crippen LogP contribution in [0.1, 0.15) is 44.1 Å². The number of nitrogens with zero attached hydrogens (tertiary/aromatic N) is 1. The Morgan fingerprint density at radius 3 is 2.60 bits per heavy atom. The molecule has 1 fully saturated rings. The van der Waals surface area contributed by atoms with Crippen LogP contribution < -0.4 is 5.32 Å². The molecule has 0 spiro atoms. The van der Waals surface area contributed by atoms with Crippen molar-refractivity contribution in [1.29, 1.82) is 0 Å². The van der Waals surface area contributed by atoms with Crippen LogP contribution in [0.15, 0.2) is 10.3 Å². The highest BCUT2D eigenvalue weighted by atomic mass is 32.2. The number of hydrogen-bond acceptors (Lipinski definition) is 4. The smallest absolute Gasteiger partial charge is 0.244 e. The van der Waals surface area contributed by atoms with Crippen LogP contribution in [0.5, 0.6) is 0 Å². The molecule has 0 saturated heterocycles. The fourth-order valence-electron chi connectivity index (χ4n) is 2.41. The minimum absolute atomic E-state index is 0.0199. The summed E-state index contributed by atoms with van der Waals surface area (Å²) in [5, 5.41) is 5.36. The predicted molar refractivity (Wildman–Crippen MR) is 83.6 cm³/mol. The van der Waals surface area contributed by atoms with Crippen molar-refractivity contribution >= 4 is 21.4 Å². The zero-order valence-electron chi connectivity index (χ0n) is 12.6. The van der Waals surface area contributed by atoms with Crippen molar-refractivity contribution in [2.45, 2.75) is 64.1 Å². The summed E-state index contributed by atoms with van der Waals surface area (Å²) in [6.07, 6.45) is 2.42. The van der Waals surface area contributed by atoms with E-state index < -0.39 is 10.0 Å². The topological polar surface area (TPSA) is 49.4 Å². The molecular formula is C14H24N2O2S2. The van der Waals surface area contributed by atoms with E-state index >= 15 is 0 Å². The molecule has 0 unspecified atom stereocenters. The summed E-state index contributed by atoms with van der Waals surface area (Å²) in [4.78, 5) is 1.46. The summed E-state index contributed by atoms with van der Waals surface area (Å²) >= 11 is 1.54. The van der Waals surface area contributed by atoms with Crippen LogP contribution in [0.25, 0.3) is 0 Å². The lowest BCUT2D eigenvalue weighted by atomic mass is 10.3. The number of hydrogen-bond donors (Lipinski definition) is 1. The number of rotatable bonds is 7. The number of thiophene rings is 1. The molecular weight excluding hydrogens is 292 g/mol. The molecule has 4 nitrogen and oxygen atoms in total. The van der Waals surface area contributed by atoms with Gasteiger partial charge in [-0.3, -0.25) is 0 Å². The first kappa shape index (κ1) is 15.9. The Balaban J connectivity index is 2.31. The summed E-state index contributed by atoms with van der Waals surface area (Å²) in [5.41, 5.74) is 0.863. The predicted octanol–water partition coefficient (Wildman–Crippen LogP) is 2.73. The maximum atomic E-state index is 12.9. The molecule has 1 N–H and O–H groups in total. The van der Waals surface area contributed by atoms with Gasteiger partial charge in [0.15, 0.2) is 0 Å². The second kappa shape index (κ2) is 6.13. The zero-order valence-corrected chi connectivity index (χ0v) is 14.3. The summed E-state index contributed by atoms with van der Waals surface area (Å²) in [6, 6.07) is 0.564. The van der Waals surface area contributed by atoms with Gasteiger partial charge >= 0.3 is 0 Å². The standard InChI is InChI=1S/C14H24N2O2S2/c1-5-16(10(2)3)20(17,18)14-11(4)9-19-13(14)8-15-12-6-7-12/h9-10,12,15H,5-8H2,1-4H3. The summed E-state index contributed by atoms with van der Waals surface area (Å²) in [6.45, 7) is 8.79. The molecule has 20 heavy (non-hydrogen) atoms. The van der Waals surface area contributed by atoms with Gasteiger partial charge in [-0.1, -0.05) is 6.92 Å². The van der Waals surface area contributed by atoms with Gasteiger partial charge in [0.1, 0.15) is 4.90 Å². The Labute approximate surface area is 126 Å². The molecule has 1 heterocycles. The number of sulfonamides is 1. The van der Waals surface area contributed by atoms with Crippen molar-refractivity contribution in [2.75, 3.05) is 6.54 Å². The van der Waals surface area contributed by atoms with Gasteiger partial charge in [0.05, 0.1) is 0 Å². The van der Waals surface area contributed by atoms with Crippen LogP contribution in [-0.4, -0.2) is 31.4 Å². The van der Waals surface area contributed by atoms with Gasteiger partial charge in [-0.05, 0) is 44.6 Å². The zero-order chi connectivity index (χ0) is 14.9. The lowest BCUT2D eigenvalue weighted by molar-refractivity contribution is 0.368. The second-order valence-electron chi connectivity index (χ2n) is 5.63. The van der Waals surface area contributed by atoms with Crippen LogP contribution in [0.3, 0.4) is 0 Å². The minimum atomic E-state index is -3.39. The molecule has 0 aliphatic heterocycles. The molecule has 1 aromatic rings. The van der Waals surface area contributed by atoms with Crippen molar-refractivity contribution in [3.05, 3.63) is 15.8 Å². The van der Waals surface area contributed by atoms with E-state index in [1.54, 1.807) is 15.6 Å². The van der Waals surface area contributed by atoms with Crippen molar-refractivity contribution in [3.63, 3.8) is 0 Å². The number of nitrogens with one attached hydrogen (secondary N) is 1. The van der Waals surface area contributed by atoms with E-state index in [4.69, 9.17) is 0 Å². The van der Waals surface area contributed by atoms with E-state index in [-0.39, 0.29) is 6.04 Å². The summed E-state index contributed by atoms with van der Waals surface area (Å²) in [5.74, 6) is 0. The van der Waals surface area contributed by atoms with Gasteiger partial charge in [0, 0.05) is 30.1 Å². The SMILES string of the molecule is CCN(C(C)C)S(=O)(=O)c1c(C)csc1CNC1CC1. The fraction of sp³-hybridized carbons (Fsp3) is 0.714. The fourth-order valence-corrected chi connectivity index (χ4v) is 5.77. The van der Waals surface area contributed by atoms with Crippen LogP contribution >= 0.6 is 11.3 Å². The highest BCUT2D eigenvalue weighted by Crippen LogP contribution is 2.31. The number of aryl methyl sites for hydroxylation is 1. The molecule has 0 aromatic carbocycles. The van der Waals surface area contributed by atoms with Gasteiger partial charge in [0.2, 0.25) is 10.0 Å². The molecule has 0 radical (unpaired) electrons. The van der Waals surface area contributed by atoms with Gasteiger partial charge in [-0.25, -0.2) is 8.42 Å². The van der Waals surface area contributed by atoms with Gasteiger partial charge < -0.3 is 5.32 Å². The first-order valence-electron chi connectivity index (χ1n) is 7.20. The third-order valence-electron chi connectivity index (χ3n) is 3.57. The normalized spacial score (nSPS) is 16.3. The highest BCUT2D eigenvalue weighted by molar-refractivity contribution is 7.89. The first-order valence-corrected chi connectivity index (χ1v) is 9.52. The maximum absolute atomic E-state index is 12.9. The van der Waals surface area contributed by atoms with Crippen molar-refractivity contribution in [3.8, 4) is 0 Å². The maximum Gasteiger partial charge on any atom is 0.244 e. The molecule has 1 aliphatic rings. The average molecular weight is 316 g/mol. The van der Waals surface area contributed by atoms with Crippen LogP contribution in [0.2, 0.25) is 0 Å². The van der Waals surface area contributed by atoms with E-state index in [2.05, 4.69) is 5.32 Å². The Bertz CT molecular complexity index is 560. The van der Waals surface area contributed by atoms with Crippen molar-refractivity contribution < 1.29 is 8.42 Å². The Morgan fingerprint density at radius 2 is 2.10 bits per heavy atom. The molecule has 1 saturated carbocycles. The molecule has 0 amide bonds. The lowest BCUT2D eigenvalue weighted by Crippen LogP contribution is -2.37. The largest absolute Gasteiger partial charge is 0.309 e. The third kappa shape index (κ3) is 3.24. The lowest BCUT2D eigenvalue weighted by Gasteiger charge is -2.25. The Morgan fingerprint density at radius 1 is 1.45 bits per heavy atom. The molecule has 114 valence electrons. The first-order chi connectivity index (χ1) is 9.37. The van der Waals surface area contributed by atoms with Gasteiger partial charge in [-0.2, -0.15) is 4.31 Å². The molecule has 2 rings (SSSR count). The highest BCUT2D eigenvalue weighted by Gasteiger charge is 2.31. The molecule has 1 aromatic heterocycles. The second-order valence-corrected chi connectivity index (χ2v) is 8.42. The van der Waals surface area contributed by atoms with E-state index in [0.29, 0.717) is 24.0 Å². The van der Waals surface area contributed by atoms with Crippen molar-refractivity contribution in [1.82, 2.24) is 9.62 Å². The third-order valence-corrected chi connectivity index (χ3v) is 7.19.